The van der Waals surface area contributed by atoms with E-state index in [1.54, 1.807) is 20.8 Å². The Hall–Kier alpha value is -5.03. The molecule has 1 saturated heterocycles. The summed E-state index contributed by atoms with van der Waals surface area (Å²) in [5.74, 6) is -1.39. The van der Waals surface area contributed by atoms with Crippen LogP contribution in [0.1, 0.15) is 63.0 Å². The third-order valence-corrected chi connectivity index (χ3v) is 8.93. The van der Waals surface area contributed by atoms with Crippen LogP contribution < -0.4 is 10.6 Å². The van der Waals surface area contributed by atoms with Crippen molar-refractivity contribution in [3.63, 3.8) is 0 Å². The third kappa shape index (κ3) is 7.91. The molecule has 0 radical (unpaired) electrons. The molecule has 10 nitrogen and oxygen atoms in total. The van der Waals surface area contributed by atoms with Gasteiger partial charge in [-0.3, -0.25) is 14.5 Å². The largest absolute Gasteiger partial charge is 0.508 e. The molecule has 0 saturated carbocycles. The van der Waals surface area contributed by atoms with Crippen molar-refractivity contribution < 1.29 is 33.8 Å². The molecule has 0 bridgehead atoms. The molecule has 3 atom stereocenters. The van der Waals surface area contributed by atoms with Crippen molar-refractivity contribution in [2.24, 2.45) is 0 Å². The van der Waals surface area contributed by atoms with Gasteiger partial charge in [-0.2, -0.15) is 0 Å². The predicted molar refractivity (Wildman–Crippen MR) is 183 cm³/mol. The molecule has 1 fully saturated rings. The van der Waals surface area contributed by atoms with Gasteiger partial charge in [0.05, 0.1) is 0 Å². The maximum atomic E-state index is 14.1. The molecular formula is C37H39N3O7S. The summed E-state index contributed by atoms with van der Waals surface area (Å²) in [5, 5.41) is 14.6. The second-order valence-electron chi connectivity index (χ2n) is 12.4. The topological polar surface area (TPSA) is 134 Å². The minimum absolute atomic E-state index is 0.0144. The Morgan fingerprint density at radius 1 is 0.958 bits per heavy atom. The predicted octanol–water partition coefficient (Wildman–Crippen LogP) is 5.91. The van der Waals surface area contributed by atoms with E-state index in [0.29, 0.717) is 16.9 Å². The summed E-state index contributed by atoms with van der Waals surface area (Å²) in [6.07, 6.45) is 2.95. The number of thioether (sulfide) groups is 1. The van der Waals surface area contributed by atoms with E-state index in [0.717, 1.165) is 17.5 Å². The lowest BCUT2D eigenvalue weighted by Crippen LogP contribution is -2.71. The first-order valence-corrected chi connectivity index (χ1v) is 16.8. The van der Waals surface area contributed by atoms with E-state index in [4.69, 9.17) is 9.47 Å². The summed E-state index contributed by atoms with van der Waals surface area (Å²) >= 11 is 1.42. The van der Waals surface area contributed by atoms with Gasteiger partial charge < -0.3 is 25.2 Å². The molecule has 250 valence electrons. The van der Waals surface area contributed by atoms with Crippen molar-refractivity contribution >= 4 is 35.6 Å². The van der Waals surface area contributed by atoms with Gasteiger partial charge in [0, 0.05) is 5.75 Å². The average Bonchev–Trinajstić information content (AvgIpc) is 3.07. The number of carbonyl (C=O) groups excluding carboxylic acids is 4. The second kappa shape index (κ2) is 14.8. The van der Waals surface area contributed by atoms with Gasteiger partial charge in [0.25, 0.3) is 5.91 Å². The zero-order valence-electron chi connectivity index (χ0n) is 27.2. The summed E-state index contributed by atoms with van der Waals surface area (Å²) in [7, 11) is 0. The van der Waals surface area contributed by atoms with Gasteiger partial charge >= 0.3 is 12.1 Å². The summed E-state index contributed by atoms with van der Waals surface area (Å²) in [4.78, 5) is 55.6. The highest BCUT2D eigenvalue weighted by molar-refractivity contribution is 8.00. The fourth-order valence-corrected chi connectivity index (χ4v) is 6.71. The fraction of sp³-hybridized carbons (Fsp3) is 0.297. The SMILES string of the molecule is CCC=CC1=C(C(=O)OC(c2ccccc2)c2ccccc2)N2C(=O)[C@@H](NC(=O)C(NC(=O)OC(C)(C)C)c3ccc(O)cc3)[C@@H]2SC1. The molecule has 2 aliphatic rings. The molecule has 5 rings (SSSR count). The number of benzene rings is 3. The minimum Gasteiger partial charge on any atom is -0.508 e. The molecule has 0 aromatic heterocycles. The number of esters is 1. The minimum atomic E-state index is -1.23. The number of ether oxygens (including phenoxy) is 2. The van der Waals surface area contributed by atoms with E-state index < -0.39 is 53.0 Å². The average molecular weight is 670 g/mol. The Kier molecular flexibility index (Phi) is 10.6. The van der Waals surface area contributed by atoms with Crippen LogP contribution in [0.15, 0.2) is 108 Å². The van der Waals surface area contributed by atoms with Crippen LogP contribution in [0.3, 0.4) is 0 Å². The lowest BCUT2D eigenvalue weighted by atomic mass is 9.99. The third-order valence-electron chi connectivity index (χ3n) is 7.62. The van der Waals surface area contributed by atoms with Gasteiger partial charge in [-0.25, -0.2) is 9.59 Å². The van der Waals surface area contributed by atoms with Crippen LogP contribution in [0.2, 0.25) is 0 Å². The Morgan fingerprint density at radius 3 is 2.12 bits per heavy atom. The number of phenolic OH excluding ortho intramolecular Hbond substituents is 1. The lowest BCUT2D eigenvalue weighted by Gasteiger charge is -2.49. The van der Waals surface area contributed by atoms with E-state index in [9.17, 15) is 24.3 Å². The number of allylic oxidation sites excluding steroid dienone is 2. The quantitative estimate of drug-likeness (QED) is 0.179. The molecular weight excluding hydrogens is 630 g/mol. The van der Waals surface area contributed by atoms with E-state index in [1.807, 2.05) is 79.7 Å². The first kappa shape index (κ1) is 34.3. The zero-order chi connectivity index (χ0) is 34.4. The molecule has 3 aromatic rings. The Labute approximate surface area is 284 Å². The number of amides is 3. The number of alkyl carbamates (subject to hydrolysis) is 1. The number of phenols is 1. The van der Waals surface area contributed by atoms with Crippen molar-refractivity contribution in [2.75, 3.05) is 5.75 Å². The maximum absolute atomic E-state index is 14.1. The Morgan fingerprint density at radius 2 is 1.56 bits per heavy atom. The van der Waals surface area contributed by atoms with Crippen molar-refractivity contribution in [3.8, 4) is 5.75 Å². The van der Waals surface area contributed by atoms with Crippen molar-refractivity contribution in [2.45, 2.75) is 63.3 Å². The van der Waals surface area contributed by atoms with E-state index in [2.05, 4.69) is 10.6 Å². The van der Waals surface area contributed by atoms with Gasteiger partial charge in [0.1, 0.15) is 34.5 Å². The normalized spacial score (nSPS) is 18.2. The maximum Gasteiger partial charge on any atom is 0.408 e. The van der Waals surface area contributed by atoms with Crippen molar-refractivity contribution in [3.05, 3.63) is 125 Å². The number of rotatable bonds is 10. The van der Waals surface area contributed by atoms with Gasteiger partial charge in [-0.15, -0.1) is 11.8 Å². The van der Waals surface area contributed by atoms with Crippen molar-refractivity contribution in [1.82, 2.24) is 15.5 Å². The molecule has 2 aliphatic heterocycles. The molecule has 11 heteroatoms. The van der Waals surface area contributed by atoms with Crippen LogP contribution >= 0.6 is 11.8 Å². The monoisotopic (exact) mass is 669 g/mol. The molecule has 3 N–H and O–H groups in total. The molecule has 2 heterocycles. The van der Waals surface area contributed by atoms with E-state index >= 15 is 0 Å². The van der Waals surface area contributed by atoms with Crippen LogP contribution in [0, 0.1) is 0 Å². The highest BCUT2D eigenvalue weighted by Crippen LogP contribution is 2.42. The summed E-state index contributed by atoms with van der Waals surface area (Å²) < 4.78 is 11.5. The van der Waals surface area contributed by atoms with Gasteiger partial charge in [-0.05, 0) is 61.6 Å². The fourth-order valence-electron chi connectivity index (χ4n) is 5.40. The first-order chi connectivity index (χ1) is 23.0. The molecule has 1 unspecified atom stereocenters. The Bertz CT molecular complexity index is 1660. The van der Waals surface area contributed by atoms with Crippen LogP contribution in [0.5, 0.6) is 5.75 Å². The molecule has 0 aliphatic carbocycles. The smallest absolute Gasteiger partial charge is 0.408 e. The lowest BCUT2D eigenvalue weighted by molar-refractivity contribution is -0.154. The number of β-lactam (4-membered cyclic amide) rings is 1. The molecule has 3 amide bonds. The number of hydrogen-bond donors (Lipinski definition) is 3. The summed E-state index contributed by atoms with van der Waals surface area (Å²) in [6.45, 7) is 7.08. The van der Waals surface area contributed by atoms with Crippen LogP contribution in [-0.4, -0.2) is 56.7 Å². The number of nitrogens with zero attached hydrogens (tertiary/aromatic N) is 1. The van der Waals surface area contributed by atoms with E-state index in [1.165, 1.54) is 40.9 Å². The van der Waals surface area contributed by atoms with Gasteiger partial charge in [0.15, 0.2) is 6.10 Å². The van der Waals surface area contributed by atoms with E-state index in [-0.39, 0.29) is 11.4 Å². The van der Waals surface area contributed by atoms with Gasteiger partial charge in [-0.1, -0.05) is 91.9 Å². The molecule has 3 aromatic carbocycles. The number of fused-ring (bicyclic) bond motifs is 1. The number of nitrogens with one attached hydrogen (secondary N) is 2. The molecule has 0 spiro atoms. The van der Waals surface area contributed by atoms with Crippen molar-refractivity contribution in [1.29, 1.82) is 0 Å². The highest BCUT2D eigenvalue weighted by Gasteiger charge is 2.55. The highest BCUT2D eigenvalue weighted by atomic mass is 32.2. The summed E-state index contributed by atoms with van der Waals surface area (Å²) in [6, 6.07) is 22.4. The number of carbonyl (C=O) groups is 4. The number of hydrogen-bond acceptors (Lipinski definition) is 8. The van der Waals surface area contributed by atoms with Crippen LogP contribution in [0.4, 0.5) is 4.79 Å². The summed E-state index contributed by atoms with van der Waals surface area (Å²) in [5.41, 5.74) is 1.91. The standard InChI is InChI=1S/C37H39N3O7S/c1-5-6-13-26-22-48-34-29(38-32(42)28(23-18-20-27(41)21-19-23)39-36(45)47-37(2,3)4)33(43)40(34)30(26)35(44)46-31(24-14-9-7-10-15-24)25-16-11-8-12-17-25/h6-21,28-29,31,34,41H,5,22H2,1-4H3,(H,38,42)(H,39,45)/t28?,29-,34+/m1/s1. The second-order valence-corrected chi connectivity index (χ2v) is 13.5. The first-order valence-electron chi connectivity index (χ1n) is 15.7. The Balaban J connectivity index is 1.39. The molecule has 48 heavy (non-hydrogen) atoms. The van der Waals surface area contributed by atoms with Crippen LogP contribution in [-0.2, 0) is 23.9 Å². The zero-order valence-corrected chi connectivity index (χ0v) is 28.0. The number of aromatic hydroxyl groups is 1. The van der Waals surface area contributed by atoms with Crippen LogP contribution in [0.25, 0.3) is 0 Å². The van der Waals surface area contributed by atoms with Gasteiger partial charge in [0.2, 0.25) is 5.91 Å².